The number of nitrogens with zero attached hydrogens (tertiary/aromatic N) is 1. The monoisotopic (exact) mass is 353 g/mol. The quantitative estimate of drug-likeness (QED) is 0.319. The molecular weight excluding hydrogens is 346 g/mol. The van der Waals surface area contributed by atoms with Gasteiger partial charge in [-0.1, -0.05) is 12.1 Å². The van der Waals surface area contributed by atoms with Crippen LogP contribution in [-0.4, -0.2) is 6.54 Å². The third-order valence-electron chi connectivity index (χ3n) is 3.71. The zero-order chi connectivity index (χ0) is 17.8. The predicted octanol–water partition coefficient (Wildman–Crippen LogP) is 4.96. The Morgan fingerprint density at radius 3 is 1.67 bits per heavy atom. The topological polar surface area (TPSA) is 3.01 Å². The van der Waals surface area contributed by atoms with Crippen LogP contribution >= 0.6 is 0 Å². The fourth-order valence-corrected chi connectivity index (χ4v) is 2.41. The van der Waals surface area contributed by atoms with Gasteiger partial charge in [-0.15, -0.1) is 0 Å². The number of rotatable bonds is 2. The summed E-state index contributed by atoms with van der Waals surface area (Å²) in [5.41, 5.74) is -1.72. The highest BCUT2D eigenvalue weighted by Crippen LogP contribution is 2.44. The zero-order valence-electron chi connectivity index (χ0n) is 11.6. The molecule has 0 aliphatic carbocycles. The van der Waals surface area contributed by atoms with Gasteiger partial charge in [-0.05, 0) is 17.7 Å². The first-order valence-electron chi connectivity index (χ1n) is 6.58. The Morgan fingerprint density at radius 2 is 1.21 bits per heavy atom. The second-order valence-corrected chi connectivity index (χ2v) is 5.21. The Hall–Kier alpha value is -2.32. The minimum absolute atomic E-state index is 0.0796. The van der Waals surface area contributed by atoms with E-state index < -0.39 is 52.6 Å². The molecule has 0 bridgehead atoms. The van der Waals surface area contributed by atoms with Gasteiger partial charge in [0.15, 0.2) is 23.3 Å². The molecule has 0 spiro atoms. The molecule has 1 nitrogen and oxygen atoms in total. The molecule has 2 aromatic carbocycles. The summed E-state index contributed by atoms with van der Waals surface area (Å²) in [6, 6.07) is 2.99. The van der Waals surface area contributed by atoms with Crippen LogP contribution in [-0.2, 0) is 6.18 Å². The van der Waals surface area contributed by atoms with E-state index in [0.29, 0.717) is 0 Å². The number of hydrogen-bond donors (Lipinski definition) is 0. The lowest BCUT2D eigenvalue weighted by Gasteiger charge is -2.11. The van der Waals surface area contributed by atoms with Crippen LogP contribution in [0.25, 0.3) is 0 Å². The Bertz CT molecular complexity index is 768. The Kier molecular flexibility index (Phi) is 3.69. The molecule has 0 amide bonds. The fraction of sp³-hybridized carbons (Fsp3) is 0.200. The van der Waals surface area contributed by atoms with Crippen LogP contribution in [0.3, 0.4) is 0 Å². The van der Waals surface area contributed by atoms with Gasteiger partial charge in [0.1, 0.15) is 5.69 Å². The number of benzene rings is 2. The van der Waals surface area contributed by atoms with Crippen molar-refractivity contribution in [3.05, 3.63) is 64.5 Å². The lowest BCUT2D eigenvalue weighted by atomic mass is 10.1. The van der Waals surface area contributed by atoms with E-state index >= 15 is 0 Å². The van der Waals surface area contributed by atoms with Crippen molar-refractivity contribution in [2.75, 3.05) is 11.4 Å². The standard InChI is InChI=1S/C15H7F8N/c16-9-10(17)12(19)14(13(20)11(9)18)24-5-8(24)6-1-3-7(4-2-6)15(21,22)23/h1-4,8H,5H2/t8-,24?/m1/s1. The maximum absolute atomic E-state index is 13.7. The third kappa shape index (κ3) is 2.57. The molecule has 0 radical (unpaired) electrons. The van der Waals surface area contributed by atoms with Crippen LogP contribution < -0.4 is 4.90 Å². The van der Waals surface area contributed by atoms with Gasteiger partial charge >= 0.3 is 6.18 Å². The van der Waals surface area contributed by atoms with E-state index in [2.05, 4.69) is 0 Å². The van der Waals surface area contributed by atoms with Gasteiger partial charge < -0.3 is 4.90 Å². The minimum Gasteiger partial charge on any atom is -0.355 e. The van der Waals surface area contributed by atoms with Crippen LogP contribution in [0, 0.1) is 29.1 Å². The molecule has 0 unspecified atom stereocenters. The minimum atomic E-state index is -4.54. The summed E-state index contributed by atoms with van der Waals surface area (Å²) >= 11 is 0. The molecule has 24 heavy (non-hydrogen) atoms. The Labute approximate surface area is 130 Å². The second kappa shape index (κ2) is 5.35. The number of alkyl halides is 3. The first-order chi connectivity index (χ1) is 11.1. The molecule has 1 heterocycles. The maximum Gasteiger partial charge on any atom is 0.416 e. The summed E-state index contributed by atoms with van der Waals surface area (Å²) < 4.78 is 104. The molecule has 1 saturated heterocycles. The van der Waals surface area contributed by atoms with Crippen molar-refractivity contribution in [2.45, 2.75) is 12.2 Å². The van der Waals surface area contributed by atoms with Gasteiger partial charge in [0, 0.05) is 6.54 Å². The van der Waals surface area contributed by atoms with Crippen molar-refractivity contribution < 1.29 is 35.1 Å². The first kappa shape index (κ1) is 16.5. The summed E-state index contributed by atoms with van der Waals surface area (Å²) in [5, 5.41) is 0. The predicted molar refractivity (Wildman–Crippen MR) is 67.8 cm³/mol. The Morgan fingerprint density at radius 1 is 0.750 bits per heavy atom. The van der Waals surface area contributed by atoms with E-state index in [-0.39, 0.29) is 12.1 Å². The molecule has 0 N–H and O–H groups in total. The van der Waals surface area contributed by atoms with Crippen LogP contribution in [0.4, 0.5) is 40.8 Å². The number of halogens is 8. The van der Waals surface area contributed by atoms with Gasteiger partial charge in [0.25, 0.3) is 0 Å². The smallest absolute Gasteiger partial charge is 0.355 e. The summed E-state index contributed by atoms with van der Waals surface area (Å²) in [6.07, 6.45) is -4.54. The van der Waals surface area contributed by atoms with Gasteiger partial charge in [-0.2, -0.15) is 13.2 Å². The average Bonchev–Trinajstić information content (AvgIpc) is 3.31. The van der Waals surface area contributed by atoms with E-state index in [9.17, 15) is 35.1 Å². The SMILES string of the molecule is Fc1c(F)c(F)c(N2C[C@@H]2c2ccc(C(F)(F)F)cc2)c(F)c1F. The summed E-state index contributed by atoms with van der Waals surface area (Å²) in [7, 11) is 0. The molecule has 0 aromatic heterocycles. The van der Waals surface area contributed by atoms with Crippen molar-refractivity contribution in [2.24, 2.45) is 0 Å². The van der Waals surface area contributed by atoms with E-state index in [1.165, 1.54) is 0 Å². The van der Waals surface area contributed by atoms with Gasteiger partial charge in [-0.3, -0.25) is 0 Å². The largest absolute Gasteiger partial charge is 0.416 e. The highest BCUT2D eigenvalue weighted by atomic mass is 19.4. The van der Waals surface area contributed by atoms with Crippen molar-refractivity contribution in [3.63, 3.8) is 0 Å². The van der Waals surface area contributed by atoms with Gasteiger partial charge in [0.05, 0.1) is 11.6 Å². The molecule has 1 atom stereocenters. The van der Waals surface area contributed by atoms with Gasteiger partial charge in [0.2, 0.25) is 5.82 Å². The Balaban J connectivity index is 1.91. The lowest BCUT2D eigenvalue weighted by Crippen LogP contribution is -2.09. The summed E-state index contributed by atoms with van der Waals surface area (Å²) in [6.45, 7) is -0.0796. The lowest BCUT2D eigenvalue weighted by molar-refractivity contribution is -0.137. The van der Waals surface area contributed by atoms with E-state index in [0.717, 1.165) is 29.2 Å². The normalized spacial score (nSPS) is 17.3. The molecule has 2 aromatic rings. The molecule has 3 rings (SSSR count). The first-order valence-corrected chi connectivity index (χ1v) is 6.58. The van der Waals surface area contributed by atoms with Crippen LogP contribution in [0.1, 0.15) is 17.2 Å². The average molecular weight is 353 g/mol. The second-order valence-electron chi connectivity index (χ2n) is 5.21. The zero-order valence-corrected chi connectivity index (χ0v) is 11.6. The molecule has 1 aliphatic rings. The molecule has 1 aliphatic heterocycles. The molecule has 1 fully saturated rings. The summed E-state index contributed by atoms with van der Waals surface area (Å²) in [4.78, 5) is 0.888. The van der Waals surface area contributed by atoms with Crippen molar-refractivity contribution in [3.8, 4) is 0 Å². The van der Waals surface area contributed by atoms with Crippen LogP contribution in [0.5, 0.6) is 0 Å². The number of anilines is 1. The molecule has 0 saturated carbocycles. The number of hydrogen-bond acceptors (Lipinski definition) is 1. The maximum atomic E-state index is 13.7. The molecule has 9 heteroatoms. The van der Waals surface area contributed by atoms with Crippen molar-refractivity contribution in [1.82, 2.24) is 0 Å². The molecular formula is C15H7F8N. The highest BCUT2D eigenvalue weighted by molar-refractivity contribution is 5.59. The van der Waals surface area contributed by atoms with Crippen LogP contribution in [0.15, 0.2) is 24.3 Å². The van der Waals surface area contributed by atoms with Gasteiger partial charge in [-0.25, -0.2) is 22.0 Å². The van der Waals surface area contributed by atoms with Crippen molar-refractivity contribution >= 4 is 5.69 Å². The highest BCUT2D eigenvalue weighted by Gasteiger charge is 2.42. The van der Waals surface area contributed by atoms with E-state index in [4.69, 9.17) is 0 Å². The summed E-state index contributed by atoms with van der Waals surface area (Å²) in [5.74, 6) is -10.3. The van der Waals surface area contributed by atoms with Crippen LogP contribution in [0.2, 0.25) is 0 Å². The molecule has 128 valence electrons. The third-order valence-corrected chi connectivity index (χ3v) is 3.71. The fourth-order valence-electron chi connectivity index (χ4n) is 2.41. The van der Waals surface area contributed by atoms with E-state index in [1.807, 2.05) is 0 Å². The van der Waals surface area contributed by atoms with E-state index in [1.54, 1.807) is 0 Å². The van der Waals surface area contributed by atoms with Crippen molar-refractivity contribution in [1.29, 1.82) is 0 Å².